The summed E-state index contributed by atoms with van der Waals surface area (Å²) in [6, 6.07) is 23.2. The molecule has 6 heteroatoms. The maximum absolute atomic E-state index is 13.2. The molecule has 1 aromatic heterocycles. The van der Waals surface area contributed by atoms with Gasteiger partial charge in [0.2, 0.25) is 0 Å². The van der Waals surface area contributed by atoms with Gasteiger partial charge < -0.3 is 15.0 Å². The van der Waals surface area contributed by atoms with Crippen molar-refractivity contribution in [3.05, 3.63) is 77.2 Å². The lowest BCUT2D eigenvalue weighted by atomic mass is 10.1. The van der Waals surface area contributed by atoms with Crippen molar-refractivity contribution in [2.45, 2.75) is 19.0 Å². The lowest BCUT2D eigenvalue weighted by Gasteiger charge is -2.28. The number of hydrogen-bond acceptors (Lipinski definition) is 5. The first-order valence-electron chi connectivity index (χ1n) is 11.4. The Kier molecular flexibility index (Phi) is 6.53. The van der Waals surface area contributed by atoms with E-state index in [1.54, 1.807) is 11.3 Å². The minimum absolute atomic E-state index is 0.0400. The van der Waals surface area contributed by atoms with Crippen molar-refractivity contribution >= 4 is 22.2 Å². The first-order valence-corrected chi connectivity index (χ1v) is 12.2. The van der Waals surface area contributed by atoms with E-state index in [9.17, 15) is 4.79 Å². The molecule has 3 heterocycles. The Morgan fingerprint density at radius 3 is 2.47 bits per heavy atom. The fraction of sp³-hybridized carbons (Fsp3) is 0.346. The molecule has 5 rings (SSSR count). The molecular weight excluding hydrogens is 418 g/mol. The minimum Gasteiger partial charge on any atom is -0.378 e. The summed E-state index contributed by atoms with van der Waals surface area (Å²) in [5.74, 6) is 0.0400. The molecule has 0 unspecified atom stereocenters. The van der Waals surface area contributed by atoms with Crippen molar-refractivity contribution in [2.24, 2.45) is 0 Å². The summed E-state index contributed by atoms with van der Waals surface area (Å²) in [5.41, 5.74) is 3.61. The Morgan fingerprint density at radius 2 is 1.72 bits per heavy atom. The number of carbonyl (C=O) groups excluding carboxylic acids is 1. The number of amides is 1. The summed E-state index contributed by atoms with van der Waals surface area (Å²) in [4.78, 5) is 18.7. The molecule has 32 heavy (non-hydrogen) atoms. The van der Waals surface area contributed by atoms with E-state index in [2.05, 4.69) is 69.7 Å². The quantitative estimate of drug-likeness (QED) is 0.613. The Bertz CT molecular complexity index is 1030. The highest BCUT2D eigenvalue weighted by Gasteiger charge is 2.26. The Balaban J connectivity index is 1.29. The zero-order valence-electron chi connectivity index (χ0n) is 18.2. The molecule has 0 bridgehead atoms. The first-order chi connectivity index (χ1) is 15.8. The van der Waals surface area contributed by atoms with Crippen LogP contribution in [0.3, 0.4) is 0 Å². The number of ether oxygens (including phenoxy) is 1. The minimum atomic E-state index is 0.0400. The van der Waals surface area contributed by atoms with Gasteiger partial charge in [-0.15, -0.1) is 11.3 Å². The van der Waals surface area contributed by atoms with E-state index < -0.39 is 0 Å². The summed E-state index contributed by atoms with van der Waals surface area (Å²) >= 11 is 1.60. The van der Waals surface area contributed by atoms with Crippen LogP contribution in [-0.2, 0) is 11.3 Å². The van der Waals surface area contributed by atoms with Gasteiger partial charge in [-0.1, -0.05) is 60.7 Å². The molecular formula is C26H29N3O2S. The molecule has 3 aromatic rings. The summed E-state index contributed by atoms with van der Waals surface area (Å²) in [6.07, 6.45) is 0.992. The second-order valence-corrected chi connectivity index (χ2v) is 9.51. The smallest absolute Gasteiger partial charge is 0.261 e. The number of thiophene rings is 1. The molecule has 1 amide bonds. The lowest BCUT2D eigenvalue weighted by Crippen LogP contribution is -2.36. The number of hydrogen-bond donors (Lipinski definition) is 1. The fourth-order valence-electron chi connectivity index (χ4n) is 4.51. The monoisotopic (exact) mass is 447 g/mol. The number of nitrogens with zero attached hydrogens (tertiary/aromatic N) is 2. The van der Waals surface area contributed by atoms with E-state index in [-0.39, 0.29) is 11.9 Å². The summed E-state index contributed by atoms with van der Waals surface area (Å²) < 4.78 is 5.54. The van der Waals surface area contributed by atoms with E-state index in [0.717, 1.165) is 68.4 Å². The average Bonchev–Trinajstić information content (AvgIpc) is 3.48. The van der Waals surface area contributed by atoms with Gasteiger partial charge in [0.25, 0.3) is 5.91 Å². The van der Waals surface area contributed by atoms with E-state index in [4.69, 9.17) is 4.74 Å². The zero-order valence-corrected chi connectivity index (χ0v) is 19.0. The fourth-order valence-corrected chi connectivity index (χ4v) is 5.65. The van der Waals surface area contributed by atoms with Crippen molar-refractivity contribution in [2.75, 3.05) is 44.3 Å². The number of nitrogens with one attached hydrogen (secondary N) is 1. The van der Waals surface area contributed by atoms with Crippen molar-refractivity contribution in [3.8, 4) is 11.1 Å². The third kappa shape index (κ3) is 4.88. The Labute approximate surface area is 193 Å². The van der Waals surface area contributed by atoms with Gasteiger partial charge in [-0.05, 0) is 23.6 Å². The van der Waals surface area contributed by atoms with Gasteiger partial charge in [0.05, 0.1) is 23.1 Å². The van der Waals surface area contributed by atoms with Crippen molar-refractivity contribution in [3.63, 3.8) is 0 Å². The molecule has 2 fully saturated rings. The maximum Gasteiger partial charge on any atom is 0.261 e. The molecule has 166 valence electrons. The van der Waals surface area contributed by atoms with Crippen LogP contribution in [0, 0.1) is 0 Å². The van der Waals surface area contributed by atoms with Crippen LogP contribution in [0.4, 0.5) is 5.00 Å². The van der Waals surface area contributed by atoms with Crippen molar-refractivity contribution in [1.82, 2.24) is 10.2 Å². The zero-order chi connectivity index (χ0) is 21.8. The van der Waals surface area contributed by atoms with Gasteiger partial charge in [-0.3, -0.25) is 9.69 Å². The summed E-state index contributed by atoms with van der Waals surface area (Å²) in [7, 11) is 0. The molecule has 1 N–H and O–H groups in total. The van der Waals surface area contributed by atoms with Gasteiger partial charge in [-0.2, -0.15) is 0 Å². The number of carbonyl (C=O) groups is 1. The maximum atomic E-state index is 13.2. The highest BCUT2D eigenvalue weighted by Crippen LogP contribution is 2.39. The number of morpholine rings is 1. The van der Waals surface area contributed by atoms with Crippen LogP contribution in [0.25, 0.3) is 11.1 Å². The molecule has 0 spiro atoms. The lowest BCUT2D eigenvalue weighted by molar-refractivity contribution is 0.0941. The molecule has 2 aliphatic heterocycles. The summed E-state index contributed by atoms with van der Waals surface area (Å²) in [5, 5.41) is 4.46. The van der Waals surface area contributed by atoms with Gasteiger partial charge in [0.1, 0.15) is 0 Å². The molecule has 5 nitrogen and oxygen atoms in total. The summed E-state index contributed by atoms with van der Waals surface area (Å²) in [6.45, 7) is 6.02. The van der Waals surface area contributed by atoms with Crippen LogP contribution in [0.1, 0.15) is 21.7 Å². The van der Waals surface area contributed by atoms with Crippen LogP contribution in [-0.4, -0.2) is 56.2 Å². The molecule has 0 radical (unpaired) electrons. The number of rotatable bonds is 6. The molecule has 0 saturated carbocycles. The third-order valence-corrected chi connectivity index (χ3v) is 7.37. The molecule has 0 aliphatic carbocycles. The van der Waals surface area contributed by atoms with Crippen LogP contribution < -0.4 is 10.2 Å². The van der Waals surface area contributed by atoms with Crippen LogP contribution in [0.15, 0.2) is 66.7 Å². The van der Waals surface area contributed by atoms with Crippen LogP contribution in [0.5, 0.6) is 0 Å². The first kappa shape index (κ1) is 21.2. The van der Waals surface area contributed by atoms with Gasteiger partial charge in [0, 0.05) is 44.3 Å². The second kappa shape index (κ2) is 9.86. The highest BCUT2D eigenvalue weighted by molar-refractivity contribution is 7.18. The van der Waals surface area contributed by atoms with E-state index in [0.29, 0.717) is 0 Å². The number of benzene rings is 2. The van der Waals surface area contributed by atoms with E-state index in [1.165, 1.54) is 10.6 Å². The predicted molar refractivity (Wildman–Crippen MR) is 130 cm³/mol. The van der Waals surface area contributed by atoms with Gasteiger partial charge in [-0.25, -0.2) is 0 Å². The Morgan fingerprint density at radius 1 is 1.00 bits per heavy atom. The normalized spacial score (nSPS) is 19.2. The standard InChI is InChI=1S/C26H29N3O2S/c30-25(27-22-11-12-28(19-22)18-20-7-3-1-4-8-20)24-17-23(21-9-5-2-6-10-21)26(32-24)29-13-15-31-16-14-29/h1-10,17,22H,11-16,18-19H2,(H,27,30)/t22-/m1/s1. The second-order valence-electron chi connectivity index (χ2n) is 8.47. The van der Waals surface area contributed by atoms with Gasteiger partial charge in [0.15, 0.2) is 0 Å². The topological polar surface area (TPSA) is 44.8 Å². The van der Waals surface area contributed by atoms with E-state index in [1.807, 2.05) is 12.1 Å². The predicted octanol–water partition coefficient (Wildman–Crippen LogP) is 4.26. The average molecular weight is 448 g/mol. The van der Waals surface area contributed by atoms with Crippen LogP contribution >= 0.6 is 11.3 Å². The molecule has 1 atom stereocenters. The SMILES string of the molecule is O=C(N[C@@H]1CCN(Cc2ccccc2)C1)c1cc(-c2ccccc2)c(N2CCOCC2)s1. The van der Waals surface area contributed by atoms with Crippen molar-refractivity contribution in [1.29, 1.82) is 0 Å². The molecule has 2 aromatic carbocycles. The molecule has 2 aliphatic rings. The van der Waals surface area contributed by atoms with Crippen LogP contribution in [0.2, 0.25) is 0 Å². The number of likely N-dealkylation sites (tertiary alicyclic amines) is 1. The molecule has 2 saturated heterocycles. The largest absolute Gasteiger partial charge is 0.378 e. The third-order valence-electron chi connectivity index (χ3n) is 6.18. The van der Waals surface area contributed by atoms with Crippen molar-refractivity contribution < 1.29 is 9.53 Å². The highest BCUT2D eigenvalue weighted by atomic mass is 32.1. The van der Waals surface area contributed by atoms with E-state index >= 15 is 0 Å². The number of anilines is 1. The Hall–Kier alpha value is -2.67. The van der Waals surface area contributed by atoms with Gasteiger partial charge >= 0.3 is 0 Å².